The van der Waals surface area contributed by atoms with Crippen molar-refractivity contribution < 1.29 is 24.5 Å². The maximum Gasteiger partial charge on any atom is 0.354 e. The van der Waals surface area contributed by atoms with Gasteiger partial charge in [0.25, 0.3) is 0 Å². The molecule has 2 heterocycles. The lowest BCUT2D eigenvalue weighted by Crippen LogP contribution is -2.61. The number of hydrogen-bond acceptors (Lipinski definition) is 4. The van der Waals surface area contributed by atoms with Crippen molar-refractivity contribution in [1.29, 1.82) is 0 Å². The third-order valence-electron chi connectivity index (χ3n) is 9.00. The molecule has 2 saturated carbocycles. The van der Waals surface area contributed by atoms with Crippen LogP contribution in [0.25, 0.3) is 0 Å². The van der Waals surface area contributed by atoms with E-state index in [1.807, 2.05) is 6.92 Å². The lowest BCUT2D eigenvalue weighted by atomic mass is 9.44. The highest BCUT2D eigenvalue weighted by atomic mass is 16.5. The number of carbonyl (C=O) groups is 2. The van der Waals surface area contributed by atoms with Gasteiger partial charge in [0.1, 0.15) is 5.69 Å². The van der Waals surface area contributed by atoms with Crippen LogP contribution in [0.5, 0.6) is 0 Å². The zero-order chi connectivity index (χ0) is 22.8. The molecule has 170 valence electrons. The second-order valence-corrected chi connectivity index (χ2v) is 11.2. The van der Waals surface area contributed by atoms with Gasteiger partial charge in [-0.1, -0.05) is 33.3 Å². The van der Waals surface area contributed by atoms with Crippen molar-refractivity contribution in [1.82, 2.24) is 4.98 Å². The van der Waals surface area contributed by atoms with Gasteiger partial charge in [0, 0.05) is 5.92 Å². The number of carboxylic acids is 2. The summed E-state index contributed by atoms with van der Waals surface area (Å²) in [5.41, 5.74) is 0.411. The monoisotopic (exact) mass is 429 g/mol. The SMILES string of the molecule is CC1O[C@]2(C)CC[C@H]3C(C)(C)CCC[C@]3(C)[C@@H]2CC1c1ccc(C(=O)O)nc1C(=O)O. The normalized spacial score (nSPS) is 39.3. The molecule has 6 atom stereocenters. The van der Waals surface area contributed by atoms with E-state index in [2.05, 4.69) is 32.7 Å². The van der Waals surface area contributed by atoms with Gasteiger partial charge in [0.05, 0.1) is 11.7 Å². The Labute approximate surface area is 184 Å². The van der Waals surface area contributed by atoms with Gasteiger partial charge in [-0.3, -0.25) is 0 Å². The molecule has 2 aliphatic carbocycles. The number of hydrogen-bond donors (Lipinski definition) is 2. The molecule has 1 aromatic rings. The maximum atomic E-state index is 12.0. The highest BCUT2D eigenvalue weighted by molar-refractivity contribution is 5.91. The summed E-state index contributed by atoms with van der Waals surface area (Å²) in [6, 6.07) is 3.06. The quantitative estimate of drug-likeness (QED) is 0.670. The molecule has 6 heteroatoms. The Hall–Kier alpha value is -1.95. The molecule has 4 rings (SSSR count). The van der Waals surface area contributed by atoms with Crippen LogP contribution >= 0.6 is 0 Å². The van der Waals surface area contributed by atoms with Gasteiger partial charge in [-0.2, -0.15) is 0 Å². The molecule has 31 heavy (non-hydrogen) atoms. The lowest BCUT2D eigenvalue weighted by molar-refractivity contribution is -0.238. The second-order valence-electron chi connectivity index (χ2n) is 11.2. The fraction of sp³-hybridized carbons (Fsp3) is 0.720. The molecule has 6 nitrogen and oxygen atoms in total. The Bertz CT molecular complexity index is 911. The van der Waals surface area contributed by atoms with E-state index in [0.29, 0.717) is 22.8 Å². The summed E-state index contributed by atoms with van der Waals surface area (Å²) in [5.74, 6) is -1.59. The minimum absolute atomic E-state index is 0.125. The van der Waals surface area contributed by atoms with Crippen LogP contribution in [-0.4, -0.2) is 38.8 Å². The zero-order valence-corrected chi connectivity index (χ0v) is 19.3. The number of carboxylic acid groups (broad SMARTS) is 2. The molecular weight excluding hydrogens is 394 g/mol. The molecule has 2 N–H and O–H groups in total. The van der Waals surface area contributed by atoms with Gasteiger partial charge >= 0.3 is 11.9 Å². The number of rotatable bonds is 3. The summed E-state index contributed by atoms with van der Waals surface area (Å²) in [4.78, 5) is 27.3. The van der Waals surface area contributed by atoms with E-state index >= 15 is 0 Å². The molecule has 0 spiro atoms. The number of ether oxygens (including phenoxy) is 1. The second kappa shape index (κ2) is 7.29. The van der Waals surface area contributed by atoms with E-state index in [4.69, 9.17) is 4.74 Å². The standard InChI is InChI=1S/C25H35NO5/c1-14-16(15-7-8-17(21(27)28)26-20(15)22(29)30)13-19-24(4)11-6-10-23(2,3)18(24)9-12-25(19,5)31-14/h7-8,14,16,18-19H,6,9-13H2,1-5H3,(H,27,28)(H,29,30)/t14?,16?,18-,19-,24-,25+/m0/s1. The van der Waals surface area contributed by atoms with Crippen LogP contribution in [0.3, 0.4) is 0 Å². The van der Waals surface area contributed by atoms with Gasteiger partial charge in [-0.05, 0) is 80.2 Å². The predicted octanol–water partition coefficient (Wildman–Crippen LogP) is 5.37. The third kappa shape index (κ3) is 3.47. The number of fused-ring (bicyclic) bond motifs is 3. The molecule has 3 fully saturated rings. The first-order valence-electron chi connectivity index (χ1n) is 11.5. The first-order valence-corrected chi connectivity index (χ1v) is 11.5. The van der Waals surface area contributed by atoms with Gasteiger partial charge in [0.15, 0.2) is 5.69 Å². The Balaban J connectivity index is 1.75. The predicted molar refractivity (Wildman–Crippen MR) is 116 cm³/mol. The molecule has 1 saturated heterocycles. The molecule has 1 aromatic heterocycles. The van der Waals surface area contributed by atoms with Crippen LogP contribution in [0, 0.1) is 22.7 Å². The van der Waals surface area contributed by atoms with Crippen LogP contribution < -0.4 is 0 Å². The van der Waals surface area contributed by atoms with Crippen LogP contribution in [0.15, 0.2) is 12.1 Å². The zero-order valence-electron chi connectivity index (χ0n) is 19.3. The highest BCUT2D eigenvalue weighted by Gasteiger charge is 2.61. The van der Waals surface area contributed by atoms with Crippen molar-refractivity contribution in [2.75, 3.05) is 0 Å². The van der Waals surface area contributed by atoms with Crippen molar-refractivity contribution in [3.8, 4) is 0 Å². The van der Waals surface area contributed by atoms with Crippen molar-refractivity contribution in [3.05, 3.63) is 29.1 Å². The van der Waals surface area contributed by atoms with E-state index in [9.17, 15) is 19.8 Å². The van der Waals surface area contributed by atoms with Crippen molar-refractivity contribution in [3.63, 3.8) is 0 Å². The minimum atomic E-state index is -1.22. The summed E-state index contributed by atoms with van der Waals surface area (Å²) in [5, 5.41) is 19.0. The summed E-state index contributed by atoms with van der Waals surface area (Å²) in [6.07, 6.45) is 6.52. The average Bonchev–Trinajstić information content (AvgIpc) is 2.66. The molecule has 0 radical (unpaired) electrons. The molecule has 0 bridgehead atoms. The van der Waals surface area contributed by atoms with Crippen LogP contribution in [-0.2, 0) is 4.74 Å². The topological polar surface area (TPSA) is 96.7 Å². The fourth-order valence-corrected chi connectivity index (χ4v) is 7.66. The maximum absolute atomic E-state index is 12.0. The van der Waals surface area contributed by atoms with Gasteiger partial charge in [0.2, 0.25) is 0 Å². The Morgan fingerprint density at radius 1 is 1.03 bits per heavy atom. The lowest BCUT2D eigenvalue weighted by Gasteiger charge is -2.65. The Morgan fingerprint density at radius 2 is 1.74 bits per heavy atom. The van der Waals surface area contributed by atoms with E-state index in [1.54, 1.807) is 6.07 Å². The number of pyridine rings is 1. The minimum Gasteiger partial charge on any atom is -0.477 e. The molecule has 0 aromatic carbocycles. The van der Waals surface area contributed by atoms with Gasteiger partial charge < -0.3 is 14.9 Å². The van der Waals surface area contributed by atoms with E-state index < -0.39 is 11.9 Å². The highest BCUT2D eigenvalue weighted by Crippen LogP contribution is 2.66. The molecule has 3 aliphatic rings. The van der Waals surface area contributed by atoms with E-state index in [0.717, 1.165) is 12.8 Å². The van der Waals surface area contributed by atoms with Crippen molar-refractivity contribution in [2.45, 2.75) is 90.8 Å². The number of aromatic nitrogens is 1. The first-order chi connectivity index (χ1) is 14.4. The summed E-state index contributed by atoms with van der Waals surface area (Å²) >= 11 is 0. The molecule has 1 aliphatic heterocycles. The summed E-state index contributed by atoms with van der Waals surface area (Å²) < 4.78 is 6.70. The summed E-state index contributed by atoms with van der Waals surface area (Å²) in [7, 11) is 0. The largest absolute Gasteiger partial charge is 0.477 e. The van der Waals surface area contributed by atoms with Crippen LogP contribution in [0.1, 0.15) is 106 Å². The van der Waals surface area contributed by atoms with Crippen LogP contribution in [0.4, 0.5) is 0 Å². The van der Waals surface area contributed by atoms with Gasteiger partial charge in [-0.15, -0.1) is 0 Å². The smallest absolute Gasteiger partial charge is 0.354 e. The summed E-state index contributed by atoms with van der Waals surface area (Å²) in [6.45, 7) is 11.5. The van der Waals surface area contributed by atoms with Gasteiger partial charge in [-0.25, -0.2) is 14.6 Å². The molecule has 0 amide bonds. The average molecular weight is 430 g/mol. The Morgan fingerprint density at radius 3 is 2.39 bits per heavy atom. The molecular formula is C25H35NO5. The van der Waals surface area contributed by atoms with E-state index in [1.165, 1.54) is 31.7 Å². The molecule has 2 unspecified atom stereocenters. The van der Waals surface area contributed by atoms with Crippen LogP contribution in [0.2, 0.25) is 0 Å². The van der Waals surface area contributed by atoms with Crippen molar-refractivity contribution in [2.24, 2.45) is 22.7 Å². The number of nitrogens with zero attached hydrogens (tertiary/aromatic N) is 1. The first kappa shape index (κ1) is 22.3. The van der Waals surface area contributed by atoms with E-state index in [-0.39, 0.29) is 34.4 Å². The fourth-order valence-electron chi connectivity index (χ4n) is 7.66. The Kier molecular flexibility index (Phi) is 5.23. The number of aromatic carboxylic acids is 2. The van der Waals surface area contributed by atoms with Crippen molar-refractivity contribution >= 4 is 11.9 Å². The third-order valence-corrected chi connectivity index (χ3v) is 9.00.